The summed E-state index contributed by atoms with van der Waals surface area (Å²) >= 11 is 0. The number of hydrogen-bond donors (Lipinski definition) is 1. The Bertz CT molecular complexity index is 939. The van der Waals surface area contributed by atoms with E-state index in [0.29, 0.717) is 5.75 Å². The van der Waals surface area contributed by atoms with E-state index in [4.69, 9.17) is 9.47 Å². The van der Waals surface area contributed by atoms with Crippen molar-refractivity contribution >= 4 is 15.7 Å². The summed E-state index contributed by atoms with van der Waals surface area (Å²) in [5.41, 5.74) is 2.21. The maximum atomic E-state index is 13.1. The number of sulfonamides is 1. The van der Waals surface area contributed by atoms with Crippen molar-refractivity contribution in [3.63, 3.8) is 0 Å². The molecule has 1 saturated heterocycles. The molecule has 0 radical (unpaired) electrons. The van der Waals surface area contributed by atoms with Crippen molar-refractivity contribution in [1.82, 2.24) is 9.62 Å². The van der Waals surface area contributed by atoms with Crippen LogP contribution in [0.25, 0.3) is 0 Å². The minimum absolute atomic E-state index is 0.0323. The third-order valence-corrected chi connectivity index (χ3v) is 6.95. The van der Waals surface area contributed by atoms with Crippen LogP contribution in [0, 0.1) is 0 Å². The zero-order valence-corrected chi connectivity index (χ0v) is 18.9. The second-order valence-corrected chi connectivity index (χ2v) is 9.35. The molecule has 1 atom stereocenters. The Morgan fingerprint density at radius 3 is 2.27 bits per heavy atom. The van der Waals surface area contributed by atoms with E-state index in [2.05, 4.69) is 33.9 Å². The number of benzene rings is 2. The second kappa shape index (κ2) is 9.68. The molecule has 164 valence electrons. The van der Waals surface area contributed by atoms with E-state index in [1.54, 1.807) is 12.1 Å². The van der Waals surface area contributed by atoms with Crippen LogP contribution in [-0.2, 0) is 10.0 Å². The normalized spacial score (nSPS) is 15.7. The van der Waals surface area contributed by atoms with Crippen LogP contribution < -0.4 is 19.1 Å². The SMILES string of the molecule is COc1ccc(OC)c(S(=O)(=O)NCC(c2ccc(N(C)C)cc2)N2CCCC2)c1. The van der Waals surface area contributed by atoms with E-state index in [1.165, 1.54) is 20.3 Å². The first-order valence-electron chi connectivity index (χ1n) is 10.1. The van der Waals surface area contributed by atoms with Gasteiger partial charge in [0, 0.05) is 38.4 Å². The van der Waals surface area contributed by atoms with E-state index in [1.807, 2.05) is 19.0 Å². The Labute approximate surface area is 179 Å². The highest BCUT2D eigenvalue weighted by Gasteiger charge is 2.27. The van der Waals surface area contributed by atoms with Crippen molar-refractivity contribution in [2.75, 3.05) is 52.8 Å². The summed E-state index contributed by atoms with van der Waals surface area (Å²) in [4.78, 5) is 4.47. The summed E-state index contributed by atoms with van der Waals surface area (Å²) in [6, 6.07) is 13.0. The zero-order valence-electron chi connectivity index (χ0n) is 18.1. The lowest BCUT2D eigenvalue weighted by Crippen LogP contribution is -2.37. The van der Waals surface area contributed by atoms with Gasteiger partial charge in [-0.05, 0) is 55.8 Å². The largest absolute Gasteiger partial charge is 0.497 e. The van der Waals surface area contributed by atoms with E-state index in [9.17, 15) is 8.42 Å². The molecule has 0 aliphatic carbocycles. The maximum absolute atomic E-state index is 13.1. The molecule has 2 aromatic rings. The predicted octanol–water partition coefficient (Wildman–Crippen LogP) is 2.89. The van der Waals surface area contributed by atoms with Crippen LogP contribution in [0.1, 0.15) is 24.4 Å². The molecule has 1 heterocycles. The van der Waals surface area contributed by atoms with Gasteiger partial charge in [-0.1, -0.05) is 12.1 Å². The number of ether oxygens (including phenoxy) is 2. The Morgan fingerprint density at radius 2 is 1.70 bits per heavy atom. The van der Waals surface area contributed by atoms with Crippen molar-refractivity contribution in [2.24, 2.45) is 0 Å². The minimum Gasteiger partial charge on any atom is -0.497 e. The molecule has 1 aliphatic heterocycles. The molecule has 1 N–H and O–H groups in total. The number of nitrogens with one attached hydrogen (secondary N) is 1. The molecule has 0 bridgehead atoms. The number of rotatable bonds is 9. The van der Waals surface area contributed by atoms with Crippen molar-refractivity contribution in [3.05, 3.63) is 48.0 Å². The van der Waals surface area contributed by atoms with Crippen molar-refractivity contribution < 1.29 is 17.9 Å². The minimum atomic E-state index is -3.78. The summed E-state index contributed by atoms with van der Waals surface area (Å²) in [5, 5.41) is 0. The first-order chi connectivity index (χ1) is 14.4. The van der Waals surface area contributed by atoms with Crippen LogP contribution in [0.2, 0.25) is 0 Å². The molecule has 1 aliphatic rings. The third kappa shape index (κ3) is 5.06. The third-order valence-electron chi connectivity index (χ3n) is 5.50. The van der Waals surface area contributed by atoms with Crippen LogP contribution in [0.15, 0.2) is 47.4 Å². The molecule has 30 heavy (non-hydrogen) atoms. The van der Waals surface area contributed by atoms with E-state index in [-0.39, 0.29) is 23.2 Å². The Hall–Kier alpha value is -2.29. The number of nitrogens with zero attached hydrogens (tertiary/aromatic N) is 2. The predicted molar refractivity (Wildman–Crippen MR) is 119 cm³/mol. The first kappa shape index (κ1) is 22.4. The summed E-state index contributed by atoms with van der Waals surface area (Å²) in [6.07, 6.45) is 2.26. The van der Waals surface area contributed by atoms with Crippen LogP contribution in [0.5, 0.6) is 11.5 Å². The van der Waals surface area contributed by atoms with Gasteiger partial charge in [-0.15, -0.1) is 0 Å². The number of hydrogen-bond acceptors (Lipinski definition) is 6. The van der Waals surface area contributed by atoms with Gasteiger partial charge in [-0.25, -0.2) is 13.1 Å². The fraction of sp³-hybridized carbons (Fsp3) is 0.455. The van der Waals surface area contributed by atoms with Gasteiger partial charge in [0.1, 0.15) is 16.4 Å². The average molecular weight is 434 g/mol. The van der Waals surface area contributed by atoms with Gasteiger partial charge in [0.15, 0.2) is 0 Å². The second-order valence-electron chi connectivity index (χ2n) is 7.61. The van der Waals surface area contributed by atoms with E-state index in [0.717, 1.165) is 37.2 Å². The fourth-order valence-electron chi connectivity index (χ4n) is 3.77. The van der Waals surface area contributed by atoms with Gasteiger partial charge in [0.05, 0.1) is 14.2 Å². The topological polar surface area (TPSA) is 71.1 Å². The summed E-state index contributed by atoms with van der Waals surface area (Å²) in [7, 11) is 3.19. The smallest absolute Gasteiger partial charge is 0.244 e. The quantitative estimate of drug-likeness (QED) is 0.656. The van der Waals surface area contributed by atoms with Crippen LogP contribution in [0.4, 0.5) is 5.69 Å². The molecule has 3 rings (SSSR count). The standard InChI is InChI=1S/C22H31N3O4S/c1-24(2)18-9-7-17(8-10-18)20(25-13-5-6-14-25)16-23-30(26,27)22-15-19(28-3)11-12-21(22)29-4/h7-12,15,20,23H,5-6,13-14,16H2,1-4H3. The molecule has 2 aromatic carbocycles. The van der Waals surface area contributed by atoms with Gasteiger partial charge in [0.2, 0.25) is 10.0 Å². The summed E-state index contributed by atoms with van der Waals surface area (Å²) in [6.45, 7) is 2.21. The summed E-state index contributed by atoms with van der Waals surface area (Å²) in [5.74, 6) is 0.753. The molecular formula is C22H31N3O4S. The Morgan fingerprint density at radius 1 is 1.03 bits per heavy atom. The number of likely N-dealkylation sites (tertiary alicyclic amines) is 1. The summed E-state index contributed by atoms with van der Waals surface area (Å²) < 4.78 is 39.5. The van der Waals surface area contributed by atoms with Crippen LogP contribution in [0.3, 0.4) is 0 Å². The molecule has 1 fully saturated rings. The van der Waals surface area contributed by atoms with E-state index >= 15 is 0 Å². The fourth-order valence-corrected chi connectivity index (χ4v) is 4.99. The highest BCUT2D eigenvalue weighted by atomic mass is 32.2. The molecule has 7 nitrogen and oxygen atoms in total. The molecule has 0 saturated carbocycles. The van der Waals surface area contributed by atoms with Crippen LogP contribution >= 0.6 is 0 Å². The van der Waals surface area contributed by atoms with Gasteiger partial charge in [0.25, 0.3) is 0 Å². The van der Waals surface area contributed by atoms with Gasteiger partial charge in [-0.3, -0.25) is 4.90 Å². The number of methoxy groups -OCH3 is 2. The molecule has 0 spiro atoms. The van der Waals surface area contributed by atoms with Crippen molar-refractivity contribution in [1.29, 1.82) is 0 Å². The Kier molecular flexibility index (Phi) is 7.23. The average Bonchev–Trinajstić information content (AvgIpc) is 3.28. The molecule has 1 unspecified atom stereocenters. The first-order valence-corrected chi connectivity index (χ1v) is 11.6. The molecular weight excluding hydrogens is 402 g/mol. The number of anilines is 1. The monoisotopic (exact) mass is 433 g/mol. The lowest BCUT2D eigenvalue weighted by molar-refractivity contribution is 0.246. The van der Waals surface area contributed by atoms with Crippen molar-refractivity contribution in [3.8, 4) is 11.5 Å². The molecule has 8 heteroatoms. The zero-order chi connectivity index (χ0) is 21.7. The highest BCUT2D eigenvalue weighted by molar-refractivity contribution is 7.89. The maximum Gasteiger partial charge on any atom is 0.244 e. The lowest BCUT2D eigenvalue weighted by atomic mass is 10.1. The lowest BCUT2D eigenvalue weighted by Gasteiger charge is -2.28. The highest BCUT2D eigenvalue weighted by Crippen LogP contribution is 2.30. The van der Waals surface area contributed by atoms with Crippen molar-refractivity contribution in [2.45, 2.75) is 23.8 Å². The van der Waals surface area contributed by atoms with Gasteiger partial charge < -0.3 is 14.4 Å². The van der Waals surface area contributed by atoms with E-state index < -0.39 is 10.0 Å². The molecule has 0 aromatic heterocycles. The van der Waals surface area contributed by atoms with Crippen LogP contribution in [-0.4, -0.2) is 61.3 Å². The van der Waals surface area contributed by atoms with Gasteiger partial charge >= 0.3 is 0 Å². The molecule has 0 amide bonds. The van der Waals surface area contributed by atoms with Gasteiger partial charge in [-0.2, -0.15) is 0 Å². The Balaban J connectivity index is 1.85.